The van der Waals surface area contributed by atoms with Gasteiger partial charge in [0, 0.05) is 19.0 Å². The van der Waals surface area contributed by atoms with Crippen LogP contribution in [0.1, 0.15) is 38.4 Å². The van der Waals surface area contributed by atoms with Gasteiger partial charge in [-0.2, -0.15) is 0 Å². The van der Waals surface area contributed by atoms with E-state index in [1.165, 1.54) is 0 Å². The lowest BCUT2D eigenvalue weighted by molar-refractivity contribution is -0.119. The van der Waals surface area contributed by atoms with E-state index in [9.17, 15) is 4.79 Å². The molecule has 2 rings (SSSR count). The first-order valence-corrected chi connectivity index (χ1v) is 6.27. The molecule has 0 aliphatic heterocycles. The first-order valence-electron chi connectivity index (χ1n) is 6.27. The van der Waals surface area contributed by atoms with Gasteiger partial charge in [0.2, 0.25) is 5.91 Å². The van der Waals surface area contributed by atoms with E-state index in [0.29, 0.717) is 12.1 Å². The second-order valence-corrected chi connectivity index (χ2v) is 4.71. The van der Waals surface area contributed by atoms with Crippen molar-refractivity contribution in [2.75, 3.05) is 0 Å². The van der Waals surface area contributed by atoms with Crippen molar-refractivity contribution >= 4 is 5.91 Å². The summed E-state index contributed by atoms with van der Waals surface area (Å²) in [6.45, 7) is 2.38. The highest BCUT2D eigenvalue weighted by atomic mass is 16.3. The van der Waals surface area contributed by atoms with E-state index in [2.05, 4.69) is 10.6 Å². The number of rotatable bonds is 4. The molecule has 1 aliphatic carbocycles. The molecule has 1 heterocycles. The number of hydrogen-bond acceptors (Lipinski definition) is 3. The topological polar surface area (TPSA) is 54.3 Å². The molecule has 1 aromatic rings. The second-order valence-electron chi connectivity index (χ2n) is 4.71. The molecule has 1 aromatic heterocycles. The molecule has 1 saturated carbocycles. The summed E-state index contributed by atoms with van der Waals surface area (Å²) in [5.41, 5.74) is 0. The van der Waals surface area contributed by atoms with Crippen LogP contribution in [0.2, 0.25) is 0 Å². The summed E-state index contributed by atoms with van der Waals surface area (Å²) in [4.78, 5) is 10.9. The van der Waals surface area contributed by atoms with Crippen LogP contribution in [0.3, 0.4) is 0 Å². The van der Waals surface area contributed by atoms with E-state index in [1.807, 2.05) is 12.1 Å². The lowest BCUT2D eigenvalue weighted by Crippen LogP contribution is -2.41. The fourth-order valence-corrected chi connectivity index (χ4v) is 2.39. The van der Waals surface area contributed by atoms with Crippen LogP contribution in [0.4, 0.5) is 0 Å². The zero-order chi connectivity index (χ0) is 12.1. The van der Waals surface area contributed by atoms with Gasteiger partial charge in [0.25, 0.3) is 0 Å². The van der Waals surface area contributed by atoms with Crippen LogP contribution in [0.5, 0.6) is 0 Å². The van der Waals surface area contributed by atoms with Crippen LogP contribution >= 0.6 is 0 Å². The Bertz CT molecular complexity index is 340. The third kappa shape index (κ3) is 3.89. The summed E-state index contributed by atoms with van der Waals surface area (Å²) in [5.74, 6) is 1.06. The minimum atomic E-state index is 0.0806. The van der Waals surface area contributed by atoms with Crippen molar-refractivity contribution in [3.63, 3.8) is 0 Å². The highest BCUT2D eigenvalue weighted by molar-refractivity contribution is 5.73. The number of hydrogen-bond donors (Lipinski definition) is 2. The predicted molar refractivity (Wildman–Crippen MR) is 65.4 cm³/mol. The number of amides is 1. The van der Waals surface area contributed by atoms with E-state index in [-0.39, 0.29) is 5.91 Å². The Labute approximate surface area is 102 Å². The Balaban J connectivity index is 1.67. The molecule has 4 heteroatoms. The lowest BCUT2D eigenvalue weighted by atomic mass is 9.91. The third-order valence-corrected chi connectivity index (χ3v) is 3.28. The molecule has 0 saturated heterocycles. The van der Waals surface area contributed by atoms with Gasteiger partial charge in [-0.05, 0) is 37.8 Å². The Morgan fingerprint density at radius 2 is 2.06 bits per heavy atom. The molecule has 0 atom stereocenters. The fraction of sp³-hybridized carbons (Fsp3) is 0.615. The summed E-state index contributed by atoms with van der Waals surface area (Å²) in [7, 11) is 0. The van der Waals surface area contributed by atoms with Gasteiger partial charge in [-0.15, -0.1) is 0 Å². The van der Waals surface area contributed by atoms with Gasteiger partial charge in [-0.25, -0.2) is 0 Å². The molecule has 1 amide bonds. The van der Waals surface area contributed by atoms with Crippen LogP contribution in [0.25, 0.3) is 0 Å². The number of furan rings is 1. The molecule has 94 valence electrons. The highest BCUT2D eigenvalue weighted by Gasteiger charge is 2.21. The standard InChI is InChI=1S/C13H20N2O2/c1-10(16)15-12-6-4-11(5-7-12)14-9-13-3-2-8-17-13/h2-3,8,11-12,14H,4-7,9H2,1H3,(H,15,16). The molecule has 0 bridgehead atoms. The van der Waals surface area contributed by atoms with Gasteiger partial charge in [-0.1, -0.05) is 0 Å². The van der Waals surface area contributed by atoms with Crippen molar-refractivity contribution in [1.82, 2.24) is 10.6 Å². The van der Waals surface area contributed by atoms with E-state index < -0.39 is 0 Å². The van der Waals surface area contributed by atoms with Crippen LogP contribution in [0.15, 0.2) is 22.8 Å². The number of carbonyl (C=O) groups is 1. The zero-order valence-electron chi connectivity index (χ0n) is 10.2. The van der Waals surface area contributed by atoms with Gasteiger partial charge in [0.15, 0.2) is 0 Å². The molecular formula is C13H20N2O2. The van der Waals surface area contributed by atoms with Crippen LogP contribution in [-0.4, -0.2) is 18.0 Å². The average Bonchev–Trinajstić information content (AvgIpc) is 2.80. The van der Waals surface area contributed by atoms with Gasteiger partial charge < -0.3 is 15.1 Å². The van der Waals surface area contributed by atoms with Crippen LogP contribution in [-0.2, 0) is 11.3 Å². The van der Waals surface area contributed by atoms with Gasteiger partial charge in [0.05, 0.1) is 12.8 Å². The normalized spacial score (nSPS) is 24.5. The van der Waals surface area contributed by atoms with Crippen molar-refractivity contribution in [3.8, 4) is 0 Å². The lowest BCUT2D eigenvalue weighted by Gasteiger charge is -2.29. The van der Waals surface area contributed by atoms with Crippen LogP contribution in [0, 0.1) is 0 Å². The smallest absolute Gasteiger partial charge is 0.217 e. The highest BCUT2D eigenvalue weighted by Crippen LogP contribution is 2.19. The van der Waals surface area contributed by atoms with E-state index in [4.69, 9.17) is 4.42 Å². The Kier molecular flexibility index (Phi) is 4.20. The van der Waals surface area contributed by atoms with Crippen molar-refractivity contribution in [2.45, 2.75) is 51.2 Å². The van der Waals surface area contributed by atoms with Crippen molar-refractivity contribution in [3.05, 3.63) is 24.2 Å². The molecule has 0 aromatic carbocycles. The zero-order valence-corrected chi connectivity index (χ0v) is 10.2. The Morgan fingerprint density at radius 1 is 1.35 bits per heavy atom. The maximum absolute atomic E-state index is 10.9. The molecule has 17 heavy (non-hydrogen) atoms. The van der Waals surface area contributed by atoms with Crippen molar-refractivity contribution < 1.29 is 9.21 Å². The summed E-state index contributed by atoms with van der Waals surface area (Å²) in [6.07, 6.45) is 6.06. The maximum Gasteiger partial charge on any atom is 0.217 e. The first kappa shape index (κ1) is 12.2. The largest absolute Gasteiger partial charge is 0.468 e. The van der Waals surface area contributed by atoms with Crippen molar-refractivity contribution in [2.24, 2.45) is 0 Å². The quantitative estimate of drug-likeness (QED) is 0.838. The molecule has 0 radical (unpaired) electrons. The second kappa shape index (κ2) is 5.87. The minimum absolute atomic E-state index is 0.0806. The van der Waals surface area contributed by atoms with Crippen LogP contribution < -0.4 is 10.6 Å². The maximum atomic E-state index is 10.9. The van der Waals surface area contributed by atoms with E-state index in [0.717, 1.165) is 38.0 Å². The summed E-state index contributed by atoms with van der Waals surface area (Å²) in [6, 6.07) is 4.81. The molecule has 2 N–H and O–H groups in total. The van der Waals surface area contributed by atoms with E-state index >= 15 is 0 Å². The number of nitrogens with one attached hydrogen (secondary N) is 2. The fourth-order valence-electron chi connectivity index (χ4n) is 2.39. The summed E-state index contributed by atoms with van der Waals surface area (Å²) in [5, 5.41) is 6.48. The molecular weight excluding hydrogens is 216 g/mol. The average molecular weight is 236 g/mol. The molecule has 0 unspecified atom stereocenters. The molecule has 0 spiro atoms. The van der Waals surface area contributed by atoms with Gasteiger partial charge in [-0.3, -0.25) is 4.79 Å². The molecule has 4 nitrogen and oxygen atoms in total. The summed E-state index contributed by atoms with van der Waals surface area (Å²) < 4.78 is 5.28. The number of carbonyl (C=O) groups excluding carboxylic acids is 1. The Hall–Kier alpha value is -1.29. The van der Waals surface area contributed by atoms with E-state index in [1.54, 1.807) is 13.2 Å². The van der Waals surface area contributed by atoms with Gasteiger partial charge >= 0.3 is 0 Å². The first-order chi connectivity index (χ1) is 8.24. The Morgan fingerprint density at radius 3 is 2.65 bits per heavy atom. The summed E-state index contributed by atoms with van der Waals surface area (Å²) >= 11 is 0. The third-order valence-electron chi connectivity index (χ3n) is 3.28. The van der Waals surface area contributed by atoms with Crippen molar-refractivity contribution in [1.29, 1.82) is 0 Å². The molecule has 1 fully saturated rings. The van der Waals surface area contributed by atoms with Gasteiger partial charge in [0.1, 0.15) is 5.76 Å². The SMILES string of the molecule is CC(=O)NC1CCC(NCc2ccco2)CC1. The molecule has 1 aliphatic rings. The monoisotopic (exact) mass is 236 g/mol. The predicted octanol–water partition coefficient (Wildman–Crippen LogP) is 1.82. The minimum Gasteiger partial charge on any atom is -0.468 e.